The Morgan fingerprint density at radius 3 is 2.58 bits per heavy atom. The summed E-state index contributed by atoms with van der Waals surface area (Å²) in [7, 11) is 0. The highest BCUT2D eigenvalue weighted by Crippen LogP contribution is 2.55. The largest absolute Gasteiger partial charge is 0.390 e. The van der Waals surface area contributed by atoms with E-state index in [1.165, 1.54) is 0 Å². The van der Waals surface area contributed by atoms with Crippen LogP contribution in [0.2, 0.25) is 0 Å². The summed E-state index contributed by atoms with van der Waals surface area (Å²) in [5, 5.41) is 36.9. The molecule has 1 aromatic carbocycles. The first-order chi connectivity index (χ1) is 17.2. The lowest BCUT2D eigenvalue weighted by Gasteiger charge is -2.46. The molecule has 1 amide bonds. The topological polar surface area (TPSA) is 123 Å². The first-order valence-electron chi connectivity index (χ1n) is 12.9. The molecular formula is C29H36N2O5. The molecule has 0 saturated carbocycles. The van der Waals surface area contributed by atoms with Crippen LogP contribution in [0.5, 0.6) is 0 Å². The lowest BCUT2D eigenvalue weighted by Crippen LogP contribution is -2.56. The number of benzene rings is 1. The smallest absolute Gasteiger partial charge is 0.235 e. The molecule has 1 spiro atoms. The van der Waals surface area contributed by atoms with Crippen molar-refractivity contribution >= 4 is 22.6 Å². The highest BCUT2D eigenvalue weighted by Gasteiger charge is 2.66. The molecule has 0 unspecified atom stereocenters. The highest BCUT2D eigenvalue weighted by atomic mass is 16.3. The second-order valence-electron chi connectivity index (χ2n) is 11.1. The van der Waals surface area contributed by atoms with E-state index in [9.17, 15) is 24.9 Å². The zero-order valence-corrected chi connectivity index (χ0v) is 21.1. The number of nitrogens with one attached hydrogen (secondary N) is 2. The van der Waals surface area contributed by atoms with Crippen LogP contribution in [0.1, 0.15) is 45.6 Å². The first-order valence-corrected chi connectivity index (χ1v) is 12.9. The molecule has 2 heterocycles. The maximum atomic E-state index is 14.1. The van der Waals surface area contributed by atoms with Gasteiger partial charge in [-0.15, -0.1) is 0 Å². The van der Waals surface area contributed by atoms with E-state index in [-0.39, 0.29) is 18.4 Å². The van der Waals surface area contributed by atoms with Gasteiger partial charge < -0.3 is 25.6 Å². The summed E-state index contributed by atoms with van der Waals surface area (Å²) in [4.78, 5) is 31.3. The van der Waals surface area contributed by atoms with Gasteiger partial charge in [-0.3, -0.25) is 9.59 Å². The quantitative estimate of drug-likeness (QED) is 0.326. The second-order valence-corrected chi connectivity index (χ2v) is 11.1. The molecule has 5 rings (SSSR count). The number of hydrogen-bond acceptors (Lipinski definition) is 5. The summed E-state index contributed by atoms with van der Waals surface area (Å²) >= 11 is 0. The normalized spacial score (nSPS) is 38.3. The van der Waals surface area contributed by atoms with E-state index in [0.717, 1.165) is 27.6 Å². The van der Waals surface area contributed by atoms with Crippen LogP contribution in [0.4, 0.5) is 0 Å². The van der Waals surface area contributed by atoms with Crippen LogP contribution in [0, 0.1) is 23.2 Å². The lowest BCUT2D eigenvalue weighted by atomic mass is 9.54. The average Bonchev–Trinajstić information content (AvgIpc) is 3.38. The van der Waals surface area contributed by atoms with Crippen molar-refractivity contribution in [2.45, 2.75) is 70.8 Å². The fourth-order valence-corrected chi connectivity index (χ4v) is 6.90. The molecule has 5 N–H and O–H groups in total. The van der Waals surface area contributed by atoms with Gasteiger partial charge in [-0.2, -0.15) is 0 Å². The van der Waals surface area contributed by atoms with Crippen LogP contribution in [-0.2, 0) is 16.0 Å². The maximum Gasteiger partial charge on any atom is 0.235 e. The van der Waals surface area contributed by atoms with Gasteiger partial charge in [0.25, 0.3) is 0 Å². The number of rotatable bonds is 2. The number of aliphatic hydroxyl groups is 3. The van der Waals surface area contributed by atoms with E-state index in [2.05, 4.69) is 10.3 Å². The first kappa shape index (κ1) is 24.9. The number of Topliss-reactive ketones (excluding diaryl/α,β-unsaturated/α-hetero) is 1. The summed E-state index contributed by atoms with van der Waals surface area (Å²) in [5.74, 6) is -1.98. The predicted octanol–water partition coefficient (Wildman–Crippen LogP) is 2.81. The minimum atomic E-state index is -1.55. The number of aromatic nitrogens is 1. The molecule has 7 nitrogen and oxygen atoms in total. The monoisotopic (exact) mass is 492 g/mol. The van der Waals surface area contributed by atoms with E-state index in [0.29, 0.717) is 19.3 Å². The average molecular weight is 493 g/mol. The molecule has 36 heavy (non-hydrogen) atoms. The van der Waals surface area contributed by atoms with Gasteiger partial charge in [-0.25, -0.2) is 0 Å². The Kier molecular flexibility index (Phi) is 6.43. The molecule has 1 aromatic heterocycles. The van der Waals surface area contributed by atoms with E-state index < -0.39 is 47.3 Å². The van der Waals surface area contributed by atoms with E-state index in [1.54, 1.807) is 0 Å². The van der Waals surface area contributed by atoms with Gasteiger partial charge in [0.2, 0.25) is 5.91 Å². The number of fused-ring (bicyclic) bond motifs is 1. The maximum absolute atomic E-state index is 14.1. The molecular weight excluding hydrogens is 456 g/mol. The van der Waals surface area contributed by atoms with Crippen LogP contribution in [0.25, 0.3) is 10.9 Å². The van der Waals surface area contributed by atoms with Crippen LogP contribution in [-0.4, -0.2) is 56.3 Å². The highest BCUT2D eigenvalue weighted by molar-refractivity contribution is 6.10. The number of carbonyl (C=O) groups is 2. The second kappa shape index (κ2) is 9.29. The molecule has 1 fully saturated rings. The number of aromatic amines is 1. The summed E-state index contributed by atoms with van der Waals surface area (Å²) in [6.07, 6.45) is 3.55. The molecule has 192 valence electrons. The third kappa shape index (κ3) is 3.76. The Morgan fingerprint density at radius 1 is 1.06 bits per heavy atom. The van der Waals surface area contributed by atoms with Gasteiger partial charge in [0, 0.05) is 41.4 Å². The van der Waals surface area contributed by atoms with Crippen LogP contribution >= 0.6 is 0 Å². The van der Waals surface area contributed by atoms with Crippen molar-refractivity contribution in [2.24, 2.45) is 23.2 Å². The number of amides is 1. The number of hydrogen-bond donors (Lipinski definition) is 5. The van der Waals surface area contributed by atoms with Gasteiger partial charge in [0.15, 0.2) is 5.78 Å². The molecule has 8 atom stereocenters. The number of H-pyrrole nitrogens is 1. The van der Waals surface area contributed by atoms with Crippen LogP contribution < -0.4 is 5.32 Å². The van der Waals surface area contributed by atoms with Crippen LogP contribution in [0.3, 0.4) is 0 Å². The SMILES string of the molecule is CC1=C(C)[C@H]2[C@H](Cc3c[nH]c4ccccc34)NC(=O)[C@@]23C(=O)C[C@@H](O)[C@H](O)C[C@@H](C)C/C=C/[C@H]3[C@@H]1O. The van der Waals surface area contributed by atoms with Crippen molar-refractivity contribution in [3.05, 3.63) is 59.3 Å². The third-order valence-electron chi connectivity index (χ3n) is 8.92. The van der Waals surface area contributed by atoms with Gasteiger partial charge in [-0.1, -0.05) is 42.8 Å². The lowest BCUT2D eigenvalue weighted by molar-refractivity contribution is -0.150. The Balaban J connectivity index is 1.63. The Bertz CT molecular complexity index is 1250. The Hall–Kier alpha value is -2.74. The molecule has 0 radical (unpaired) electrons. The molecule has 1 saturated heterocycles. The minimum Gasteiger partial charge on any atom is -0.390 e. The molecule has 0 bridgehead atoms. The molecule has 2 aliphatic carbocycles. The van der Waals surface area contributed by atoms with E-state index in [1.807, 2.05) is 63.4 Å². The van der Waals surface area contributed by atoms with Crippen molar-refractivity contribution in [3.8, 4) is 0 Å². The predicted molar refractivity (Wildman–Crippen MR) is 137 cm³/mol. The van der Waals surface area contributed by atoms with Crippen molar-refractivity contribution < 1.29 is 24.9 Å². The summed E-state index contributed by atoms with van der Waals surface area (Å²) in [6, 6.07) is 7.62. The molecule has 1 aliphatic heterocycles. The molecule has 7 heteroatoms. The Labute approximate surface area is 211 Å². The van der Waals surface area contributed by atoms with E-state index in [4.69, 9.17) is 0 Å². The zero-order valence-electron chi connectivity index (χ0n) is 21.1. The van der Waals surface area contributed by atoms with Gasteiger partial charge in [-0.05, 0) is 56.2 Å². The summed E-state index contributed by atoms with van der Waals surface area (Å²) < 4.78 is 0. The van der Waals surface area contributed by atoms with Crippen molar-refractivity contribution in [1.29, 1.82) is 0 Å². The van der Waals surface area contributed by atoms with E-state index >= 15 is 0 Å². The number of aliphatic hydroxyl groups excluding tert-OH is 3. The van der Waals surface area contributed by atoms with Crippen molar-refractivity contribution in [2.75, 3.05) is 0 Å². The number of para-hydroxylation sites is 1. The molecule has 2 aromatic rings. The van der Waals surface area contributed by atoms with Gasteiger partial charge in [0.1, 0.15) is 5.41 Å². The number of carbonyl (C=O) groups excluding carboxylic acids is 2. The summed E-state index contributed by atoms with van der Waals surface area (Å²) in [6.45, 7) is 5.75. The molecule has 3 aliphatic rings. The fourth-order valence-electron chi connectivity index (χ4n) is 6.90. The standard InChI is InChI=1S/C29H36N2O5/c1-15-7-6-9-20-27(35)17(3)16(2)26-22(12-18-14-30-21-10-5-4-8-19(18)21)31-28(36)29(20,26)25(34)13-24(33)23(32)11-15/h4-6,8-10,14-15,20,22-24,26-27,30,32-33,35H,7,11-13H2,1-3H3,(H,31,36)/b9-6+/t15-,20-,22-,23+,24+,26-,27+,29-/m0/s1. The van der Waals surface area contributed by atoms with Crippen molar-refractivity contribution in [1.82, 2.24) is 10.3 Å². The van der Waals surface area contributed by atoms with Crippen LogP contribution in [0.15, 0.2) is 53.8 Å². The van der Waals surface area contributed by atoms with Gasteiger partial charge in [0.05, 0.1) is 18.3 Å². The fraction of sp³-hybridized carbons (Fsp3) is 0.517. The Morgan fingerprint density at radius 2 is 1.81 bits per heavy atom. The minimum absolute atomic E-state index is 0.0805. The zero-order chi connectivity index (χ0) is 25.8. The number of allylic oxidation sites excluding steroid dienone is 1. The summed E-state index contributed by atoms with van der Waals surface area (Å²) in [5.41, 5.74) is 2.12. The van der Waals surface area contributed by atoms with Gasteiger partial charge >= 0.3 is 0 Å². The van der Waals surface area contributed by atoms with Crippen molar-refractivity contribution in [3.63, 3.8) is 0 Å². The number of ketones is 1. The third-order valence-corrected chi connectivity index (χ3v) is 8.92.